The zero-order chi connectivity index (χ0) is 19.4. The number of nitro groups is 1. The molecule has 0 saturated heterocycles. The van der Waals surface area contributed by atoms with Crippen LogP contribution in [-0.2, 0) is 9.53 Å². The summed E-state index contributed by atoms with van der Waals surface area (Å²) in [6.45, 7) is 1.59. The first kappa shape index (κ1) is 18.1. The molecule has 0 fully saturated rings. The Morgan fingerprint density at radius 3 is 2.48 bits per heavy atom. The molecule has 0 aliphatic heterocycles. The minimum atomic E-state index is -0.725. The first-order valence-electron chi connectivity index (χ1n) is 7.90. The number of fused-ring (bicyclic) bond motifs is 1. The molecule has 9 heteroatoms. The lowest BCUT2D eigenvalue weighted by atomic mass is 10.2. The molecule has 1 atom stereocenters. The Kier molecular flexibility index (Phi) is 5.11. The van der Waals surface area contributed by atoms with Gasteiger partial charge in [-0.15, -0.1) is 0 Å². The highest BCUT2D eigenvalue weighted by Crippen LogP contribution is 2.25. The van der Waals surface area contributed by atoms with Gasteiger partial charge in [0.25, 0.3) is 5.69 Å². The molecule has 3 aromatic rings. The van der Waals surface area contributed by atoms with Gasteiger partial charge in [0.15, 0.2) is 6.10 Å². The first-order chi connectivity index (χ1) is 13.0. The Morgan fingerprint density at radius 1 is 1.11 bits per heavy atom. The summed E-state index contributed by atoms with van der Waals surface area (Å²) in [6.07, 6.45) is 0.660. The van der Waals surface area contributed by atoms with Crippen molar-refractivity contribution in [1.29, 1.82) is 0 Å². The van der Waals surface area contributed by atoms with E-state index in [0.29, 0.717) is 22.5 Å². The Bertz CT molecular complexity index is 990. The van der Waals surface area contributed by atoms with Crippen LogP contribution in [0, 0.1) is 10.1 Å². The fourth-order valence-electron chi connectivity index (χ4n) is 2.27. The number of rotatable bonds is 6. The van der Waals surface area contributed by atoms with Crippen LogP contribution in [0.4, 0.5) is 5.69 Å². The van der Waals surface area contributed by atoms with E-state index in [4.69, 9.17) is 9.47 Å². The number of carbonyl (C=O) groups is 1. The van der Waals surface area contributed by atoms with Gasteiger partial charge in [0.1, 0.15) is 11.5 Å². The number of benzene rings is 2. The van der Waals surface area contributed by atoms with Crippen molar-refractivity contribution >= 4 is 22.7 Å². The molecule has 0 N–H and O–H groups in total. The van der Waals surface area contributed by atoms with Crippen molar-refractivity contribution < 1.29 is 23.9 Å². The minimum Gasteiger partial charge on any atom is -0.479 e. The maximum atomic E-state index is 11.4. The smallest absolute Gasteiger partial charge is 0.346 e. The lowest BCUT2D eigenvalue weighted by Gasteiger charge is -2.12. The molecule has 138 valence electrons. The highest BCUT2D eigenvalue weighted by molar-refractivity contribution is 5.77. The van der Waals surface area contributed by atoms with Crippen molar-refractivity contribution in [2.45, 2.75) is 13.0 Å². The van der Waals surface area contributed by atoms with Crippen LogP contribution in [0.25, 0.3) is 11.0 Å². The van der Waals surface area contributed by atoms with Crippen LogP contribution in [0.1, 0.15) is 6.92 Å². The number of methoxy groups -OCH3 is 1. The van der Waals surface area contributed by atoms with Gasteiger partial charge in [0.05, 0.1) is 29.3 Å². The van der Waals surface area contributed by atoms with E-state index in [2.05, 4.69) is 14.7 Å². The van der Waals surface area contributed by atoms with Crippen LogP contribution in [0.3, 0.4) is 0 Å². The van der Waals surface area contributed by atoms with Crippen LogP contribution in [0.5, 0.6) is 17.4 Å². The molecule has 0 saturated carbocycles. The maximum absolute atomic E-state index is 11.4. The van der Waals surface area contributed by atoms with Gasteiger partial charge < -0.3 is 14.2 Å². The summed E-state index contributed by atoms with van der Waals surface area (Å²) >= 11 is 0. The fraction of sp³-hybridized carbons (Fsp3) is 0.167. The van der Waals surface area contributed by atoms with Gasteiger partial charge in [-0.3, -0.25) is 10.1 Å². The van der Waals surface area contributed by atoms with Crippen molar-refractivity contribution in [3.05, 3.63) is 58.8 Å². The van der Waals surface area contributed by atoms with Crippen LogP contribution in [0.15, 0.2) is 48.7 Å². The molecule has 0 radical (unpaired) electrons. The van der Waals surface area contributed by atoms with Gasteiger partial charge in [-0.2, -0.15) is 0 Å². The summed E-state index contributed by atoms with van der Waals surface area (Å²) in [5.74, 6) is 0.746. The predicted molar refractivity (Wildman–Crippen MR) is 94.8 cm³/mol. The second kappa shape index (κ2) is 7.65. The standard InChI is InChI=1S/C18H15N3O6/c1-11(18(22)25-2)26-13-4-6-14(7-5-13)27-17-10-19-16-9-12(21(23)24)3-8-15(16)20-17/h3-11H,1-2H3. The molecule has 1 unspecified atom stereocenters. The highest BCUT2D eigenvalue weighted by atomic mass is 16.6. The molecule has 0 amide bonds. The third-order valence-electron chi connectivity index (χ3n) is 3.61. The van der Waals surface area contributed by atoms with E-state index in [0.717, 1.165) is 0 Å². The molecule has 1 heterocycles. The number of nitro benzene ring substituents is 1. The molecule has 2 aromatic carbocycles. The van der Waals surface area contributed by atoms with Gasteiger partial charge in [0, 0.05) is 12.1 Å². The third-order valence-corrected chi connectivity index (χ3v) is 3.61. The van der Waals surface area contributed by atoms with Gasteiger partial charge in [0.2, 0.25) is 5.88 Å². The van der Waals surface area contributed by atoms with Crippen LogP contribution in [-0.4, -0.2) is 34.1 Å². The summed E-state index contributed by atoms with van der Waals surface area (Å²) in [7, 11) is 1.29. The number of carbonyl (C=O) groups excluding carboxylic acids is 1. The summed E-state index contributed by atoms with van der Waals surface area (Å²) in [5.41, 5.74) is 0.823. The molecule has 0 aliphatic rings. The van der Waals surface area contributed by atoms with Gasteiger partial charge >= 0.3 is 5.97 Å². The van der Waals surface area contributed by atoms with Crippen molar-refractivity contribution in [2.24, 2.45) is 0 Å². The van der Waals surface area contributed by atoms with Crippen LogP contribution >= 0.6 is 0 Å². The number of hydrogen-bond acceptors (Lipinski definition) is 8. The van der Waals surface area contributed by atoms with E-state index in [9.17, 15) is 14.9 Å². The van der Waals surface area contributed by atoms with E-state index in [1.165, 1.54) is 31.5 Å². The molecular formula is C18H15N3O6. The van der Waals surface area contributed by atoms with Crippen molar-refractivity contribution in [3.8, 4) is 17.4 Å². The normalized spacial score (nSPS) is 11.6. The average molecular weight is 369 g/mol. The number of non-ortho nitro benzene ring substituents is 1. The quantitative estimate of drug-likeness (QED) is 0.369. The van der Waals surface area contributed by atoms with E-state index in [1.54, 1.807) is 31.2 Å². The number of nitrogens with zero attached hydrogens (tertiary/aromatic N) is 3. The molecule has 27 heavy (non-hydrogen) atoms. The number of aromatic nitrogens is 2. The zero-order valence-electron chi connectivity index (χ0n) is 14.5. The molecule has 0 bridgehead atoms. The lowest BCUT2D eigenvalue weighted by Crippen LogP contribution is -2.24. The molecule has 3 rings (SSSR count). The largest absolute Gasteiger partial charge is 0.479 e. The van der Waals surface area contributed by atoms with Crippen molar-refractivity contribution in [3.63, 3.8) is 0 Å². The topological polar surface area (TPSA) is 114 Å². The molecule has 9 nitrogen and oxygen atoms in total. The van der Waals surface area contributed by atoms with Crippen molar-refractivity contribution in [2.75, 3.05) is 7.11 Å². The molecule has 0 aliphatic carbocycles. The number of ether oxygens (including phenoxy) is 3. The Labute approximate surface area is 153 Å². The molecule has 1 aromatic heterocycles. The number of esters is 1. The van der Waals surface area contributed by atoms with E-state index >= 15 is 0 Å². The Hall–Kier alpha value is -3.75. The summed E-state index contributed by atoms with van der Waals surface area (Å²) in [4.78, 5) is 30.1. The first-order valence-corrected chi connectivity index (χ1v) is 7.90. The fourth-order valence-corrected chi connectivity index (χ4v) is 2.27. The minimum absolute atomic E-state index is 0.0535. The summed E-state index contributed by atoms with van der Waals surface area (Å²) in [5, 5.41) is 10.8. The number of hydrogen-bond donors (Lipinski definition) is 0. The SMILES string of the molecule is COC(=O)C(C)Oc1ccc(Oc2cnc3cc([N+](=O)[O-])ccc3n2)cc1. The van der Waals surface area contributed by atoms with E-state index in [-0.39, 0.29) is 11.6 Å². The Morgan fingerprint density at radius 2 is 1.81 bits per heavy atom. The molecule has 0 spiro atoms. The second-order valence-corrected chi connectivity index (χ2v) is 5.50. The molecular weight excluding hydrogens is 354 g/mol. The highest BCUT2D eigenvalue weighted by Gasteiger charge is 2.14. The third kappa shape index (κ3) is 4.27. The van der Waals surface area contributed by atoms with Gasteiger partial charge in [-0.05, 0) is 37.3 Å². The van der Waals surface area contributed by atoms with Gasteiger partial charge in [-0.25, -0.2) is 14.8 Å². The van der Waals surface area contributed by atoms with E-state index in [1.807, 2.05) is 0 Å². The van der Waals surface area contributed by atoms with E-state index < -0.39 is 17.0 Å². The van der Waals surface area contributed by atoms with Crippen molar-refractivity contribution in [1.82, 2.24) is 9.97 Å². The summed E-state index contributed by atoms with van der Waals surface area (Å²) < 4.78 is 15.7. The lowest BCUT2D eigenvalue weighted by molar-refractivity contribution is -0.384. The Balaban J connectivity index is 1.72. The average Bonchev–Trinajstić information content (AvgIpc) is 2.68. The zero-order valence-corrected chi connectivity index (χ0v) is 14.5. The van der Waals surface area contributed by atoms with Gasteiger partial charge in [-0.1, -0.05) is 0 Å². The van der Waals surface area contributed by atoms with Crippen LogP contribution in [0.2, 0.25) is 0 Å². The maximum Gasteiger partial charge on any atom is 0.346 e. The second-order valence-electron chi connectivity index (χ2n) is 5.50. The predicted octanol–water partition coefficient (Wildman–Crippen LogP) is 3.27. The van der Waals surface area contributed by atoms with Crippen LogP contribution < -0.4 is 9.47 Å². The monoisotopic (exact) mass is 369 g/mol. The summed E-state index contributed by atoms with van der Waals surface area (Å²) in [6, 6.07) is 10.8.